The van der Waals surface area contributed by atoms with Crippen LogP contribution in [0.15, 0.2) is 24.3 Å². The van der Waals surface area contributed by atoms with Crippen LogP contribution in [-0.4, -0.2) is 10.8 Å². The standard InChI is InChI=1S/C20H33N3S/c1-4-6-7-8-9-10-16-20(15-5-2)21-19(24)23(22-20)18-13-11-17(3)12-14-18/h11-14,22H,4-10,15-16H2,1-3H3,(H,21,24)/t20-/m1/s1. The molecule has 0 spiro atoms. The monoisotopic (exact) mass is 347 g/mol. The first-order valence-corrected chi connectivity index (χ1v) is 9.98. The van der Waals surface area contributed by atoms with Crippen molar-refractivity contribution >= 4 is 23.0 Å². The molecule has 1 fully saturated rings. The quantitative estimate of drug-likeness (QED) is 0.435. The number of unbranched alkanes of at least 4 members (excludes halogenated alkanes) is 5. The molecule has 1 aromatic carbocycles. The molecule has 0 bridgehead atoms. The normalized spacial score (nSPS) is 20.5. The topological polar surface area (TPSA) is 27.3 Å². The van der Waals surface area contributed by atoms with E-state index in [1.54, 1.807) is 0 Å². The van der Waals surface area contributed by atoms with Crippen molar-refractivity contribution in [2.75, 3.05) is 5.01 Å². The van der Waals surface area contributed by atoms with E-state index in [1.165, 1.54) is 44.1 Å². The van der Waals surface area contributed by atoms with Crippen molar-refractivity contribution in [1.82, 2.24) is 10.7 Å². The van der Waals surface area contributed by atoms with Gasteiger partial charge in [-0.3, -0.25) is 5.01 Å². The lowest BCUT2D eigenvalue weighted by Gasteiger charge is -2.30. The van der Waals surface area contributed by atoms with Gasteiger partial charge in [0.1, 0.15) is 5.66 Å². The van der Waals surface area contributed by atoms with Gasteiger partial charge in [-0.05, 0) is 50.5 Å². The highest BCUT2D eigenvalue weighted by molar-refractivity contribution is 7.80. The number of anilines is 1. The zero-order valence-corrected chi connectivity index (χ0v) is 16.3. The van der Waals surface area contributed by atoms with Gasteiger partial charge in [-0.15, -0.1) is 0 Å². The maximum absolute atomic E-state index is 5.61. The van der Waals surface area contributed by atoms with Gasteiger partial charge in [0.15, 0.2) is 5.11 Å². The first kappa shape index (κ1) is 19.2. The first-order valence-electron chi connectivity index (χ1n) is 9.57. The molecule has 0 saturated carbocycles. The van der Waals surface area contributed by atoms with Crippen molar-refractivity contribution in [1.29, 1.82) is 0 Å². The van der Waals surface area contributed by atoms with Crippen LogP contribution in [0.2, 0.25) is 0 Å². The largest absolute Gasteiger partial charge is 0.342 e. The Bertz CT molecular complexity index is 514. The van der Waals surface area contributed by atoms with Gasteiger partial charge in [-0.1, -0.05) is 70.1 Å². The van der Waals surface area contributed by atoms with Crippen LogP contribution in [0.1, 0.15) is 77.2 Å². The average molecular weight is 348 g/mol. The van der Waals surface area contributed by atoms with E-state index >= 15 is 0 Å². The third kappa shape index (κ3) is 5.18. The molecule has 2 rings (SSSR count). The molecule has 0 unspecified atom stereocenters. The lowest BCUT2D eigenvalue weighted by atomic mass is 9.97. The van der Waals surface area contributed by atoms with Gasteiger partial charge in [0.2, 0.25) is 0 Å². The fourth-order valence-corrected chi connectivity index (χ4v) is 3.77. The van der Waals surface area contributed by atoms with Gasteiger partial charge in [0, 0.05) is 0 Å². The lowest BCUT2D eigenvalue weighted by molar-refractivity contribution is 0.278. The zero-order valence-electron chi connectivity index (χ0n) is 15.5. The summed E-state index contributed by atoms with van der Waals surface area (Å²) in [5.41, 5.74) is 5.97. The highest BCUT2D eigenvalue weighted by atomic mass is 32.1. The number of thiocarbonyl (C=S) groups is 1. The molecule has 0 amide bonds. The number of hydrogen-bond acceptors (Lipinski definition) is 2. The molecular formula is C20H33N3S. The molecule has 1 saturated heterocycles. The van der Waals surface area contributed by atoms with E-state index < -0.39 is 0 Å². The minimum atomic E-state index is -0.0819. The molecule has 0 radical (unpaired) electrons. The molecule has 3 nitrogen and oxygen atoms in total. The van der Waals surface area contributed by atoms with Crippen LogP contribution >= 0.6 is 12.2 Å². The Morgan fingerprint density at radius 1 is 0.917 bits per heavy atom. The van der Waals surface area contributed by atoms with Gasteiger partial charge in [0.25, 0.3) is 0 Å². The molecule has 0 aromatic heterocycles. The average Bonchev–Trinajstić information content (AvgIpc) is 2.89. The van der Waals surface area contributed by atoms with E-state index in [1.807, 2.05) is 5.01 Å². The number of hydrazine groups is 1. The van der Waals surface area contributed by atoms with E-state index in [2.05, 4.69) is 55.8 Å². The Labute approximate surface area is 153 Å². The minimum Gasteiger partial charge on any atom is -0.342 e. The molecule has 1 aromatic rings. The van der Waals surface area contributed by atoms with Crippen molar-refractivity contribution in [3.8, 4) is 0 Å². The summed E-state index contributed by atoms with van der Waals surface area (Å²) in [4.78, 5) is 0. The van der Waals surface area contributed by atoms with Crippen LogP contribution < -0.4 is 15.8 Å². The van der Waals surface area contributed by atoms with Crippen LogP contribution in [0, 0.1) is 6.92 Å². The molecule has 4 heteroatoms. The molecule has 24 heavy (non-hydrogen) atoms. The molecule has 1 aliphatic rings. The summed E-state index contributed by atoms with van der Waals surface area (Å²) in [7, 11) is 0. The highest BCUT2D eigenvalue weighted by Crippen LogP contribution is 2.27. The summed E-state index contributed by atoms with van der Waals surface area (Å²) in [5, 5.41) is 6.41. The van der Waals surface area contributed by atoms with Crippen molar-refractivity contribution < 1.29 is 0 Å². The van der Waals surface area contributed by atoms with E-state index in [0.29, 0.717) is 0 Å². The second kappa shape index (κ2) is 9.38. The number of rotatable bonds is 10. The Morgan fingerprint density at radius 2 is 1.58 bits per heavy atom. The molecule has 2 N–H and O–H groups in total. The first-order chi connectivity index (χ1) is 11.6. The van der Waals surface area contributed by atoms with Crippen molar-refractivity contribution in [3.63, 3.8) is 0 Å². The summed E-state index contributed by atoms with van der Waals surface area (Å²) in [5.74, 6) is 0. The Morgan fingerprint density at radius 3 is 2.25 bits per heavy atom. The molecule has 134 valence electrons. The van der Waals surface area contributed by atoms with Gasteiger partial charge in [-0.2, -0.15) is 0 Å². The van der Waals surface area contributed by atoms with Crippen molar-refractivity contribution in [2.24, 2.45) is 0 Å². The molecular weight excluding hydrogens is 314 g/mol. The third-order valence-electron chi connectivity index (χ3n) is 4.80. The maximum atomic E-state index is 5.61. The molecule has 0 aliphatic carbocycles. The predicted octanol–water partition coefficient (Wildman–Crippen LogP) is 5.44. The molecule has 1 atom stereocenters. The number of nitrogens with zero attached hydrogens (tertiary/aromatic N) is 1. The van der Waals surface area contributed by atoms with Crippen LogP contribution in [-0.2, 0) is 0 Å². The van der Waals surface area contributed by atoms with Gasteiger partial charge in [0.05, 0.1) is 5.69 Å². The highest BCUT2D eigenvalue weighted by Gasteiger charge is 2.39. The molecule has 1 aliphatic heterocycles. The summed E-state index contributed by atoms with van der Waals surface area (Å²) in [6, 6.07) is 8.52. The Balaban J connectivity index is 1.94. The Kier molecular flexibility index (Phi) is 7.50. The smallest absolute Gasteiger partial charge is 0.189 e. The predicted molar refractivity (Wildman–Crippen MR) is 108 cm³/mol. The van der Waals surface area contributed by atoms with Crippen molar-refractivity contribution in [2.45, 2.75) is 84.2 Å². The number of benzene rings is 1. The van der Waals surface area contributed by atoms with E-state index in [4.69, 9.17) is 12.2 Å². The molecule has 1 heterocycles. The van der Waals surface area contributed by atoms with E-state index in [9.17, 15) is 0 Å². The Hall–Kier alpha value is -1.13. The minimum absolute atomic E-state index is 0.0819. The van der Waals surface area contributed by atoms with Gasteiger partial charge in [-0.25, -0.2) is 5.43 Å². The third-order valence-corrected chi connectivity index (χ3v) is 5.09. The van der Waals surface area contributed by atoms with Gasteiger partial charge >= 0.3 is 0 Å². The van der Waals surface area contributed by atoms with E-state index in [-0.39, 0.29) is 5.66 Å². The van der Waals surface area contributed by atoms with Crippen LogP contribution in [0.25, 0.3) is 0 Å². The summed E-state index contributed by atoms with van der Waals surface area (Å²) in [6.07, 6.45) is 11.3. The maximum Gasteiger partial charge on any atom is 0.189 e. The summed E-state index contributed by atoms with van der Waals surface area (Å²) >= 11 is 5.61. The fraction of sp³-hybridized carbons (Fsp3) is 0.650. The second-order valence-electron chi connectivity index (χ2n) is 7.06. The van der Waals surface area contributed by atoms with Crippen LogP contribution in [0.4, 0.5) is 5.69 Å². The van der Waals surface area contributed by atoms with Crippen molar-refractivity contribution in [3.05, 3.63) is 29.8 Å². The lowest BCUT2D eigenvalue weighted by Crippen LogP contribution is -2.51. The van der Waals surface area contributed by atoms with Crippen LogP contribution in [0.5, 0.6) is 0 Å². The SMILES string of the molecule is CCCCCCCC[C@]1(CCC)NC(=S)N(c2ccc(C)cc2)N1. The summed E-state index contributed by atoms with van der Waals surface area (Å²) in [6.45, 7) is 6.62. The zero-order chi connectivity index (χ0) is 17.4. The van der Waals surface area contributed by atoms with Gasteiger partial charge < -0.3 is 5.32 Å². The number of hydrogen-bond donors (Lipinski definition) is 2. The fourth-order valence-electron chi connectivity index (χ4n) is 3.42. The van der Waals surface area contributed by atoms with Crippen LogP contribution in [0.3, 0.4) is 0 Å². The summed E-state index contributed by atoms with van der Waals surface area (Å²) < 4.78 is 0. The van der Waals surface area contributed by atoms with E-state index in [0.717, 1.165) is 30.1 Å². The number of nitrogens with one attached hydrogen (secondary N) is 2. The second-order valence-corrected chi connectivity index (χ2v) is 7.45. The number of aryl methyl sites for hydroxylation is 1.